The number of amidine groups is 1. The van der Waals surface area contributed by atoms with Gasteiger partial charge in [-0.1, -0.05) is 32.5 Å². The number of carbonyl (C=O) groups is 1. The van der Waals surface area contributed by atoms with Gasteiger partial charge in [0, 0.05) is 12.2 Å². The molecule has 1 amide bonds. The van der Waals surface area contributed by atoms with Gasteiger partial charge in [-0.05, 0) is 5.41 Å². The lowest BCUT2D eigenvalue weighted by Gasteiger charge is -2.16. The summed E-state index contributed by atoms with van der Waals surface area (Å²) in [5.74, 6) is 1.06. The van der Waals surface area contributed by atoms with Gasteiger partial charge in [-0.25, -0.2) is 0 Å². The van der Waals surface area contributed by atoms with Gasteiger partial charge in [0.25, 0.3) is 0 Å². The number of thioether (sulfide) groups is 1. The van der Waals surface area contributed by atoms with Gasteiger partial charge in [0.05, 0.1) is 6.54 Å². The first-order chi connectivity index (χ1) is 5.97. The highest BCUT2D eigenvalue weighted by atomic mass is 32.2. The molecule has 1 aliphatic rings. The molecule has 13 heavy (non-hydrogen) atoms. The molecule has 0 radical (unpaired) electrons. The SMILES string of the molecule is CC(C)(C)CC(=O)NC1=NCCS1. The van der Waals surface area contributed by atoms with Gasteiger partial charge in [-0.15, -0.1) is 0 Å². The van der Waals surface area contributed by atoms with Gasteiger partial charge in [0.2, 0.25) is 5.91 Å². The van der Waals surface area contributed by atoms with Crippen LogP contribution in [-0.2, 0) is 4.79 Å². The molecule has 0 aromatic rings. The van der Waals surface area contributed by atoms with Crippen LogP contribution in [0.4, 0.5) is 0 Å². The maximum Gasteiger partial charge on any atom is 0.226 e. The molecule has 4 heteroatoms. The van der Waals surface area contributed by atoms with Crippen LogP contribution in [0.25, 0.3) is 0 Å². The van der Waals surface area contributed by atoms with E-state index in [9.17, 15) is 4.79 Å². The molecule has 1 heterocycles. The number of nitrogens with one attached hydrogen (secondary N) is 1. The van der Waals surface area contributed by atoms with E-state index in [1.807, 2.05) is 0 Å². The van der Waals surface area contributed by atoms with E-state index in [-0.39, 0.29) is 11.3 Å². The highest BCUT2D eigenvalue weighted by molar-refractivity contribution is 8.14. The van der Waals surface area contributed by atoms with Gasteiger partial charge in [-0.3, -0.25) is 9.79 Å². The third-order valence-corrected chi connectivity index (χ3v) is 2.41. The lowest BCUT2D eigenvalue weighted by atomic mass is 9.92. The fourth-order valence-corrected chi connectivity index (χ4v) is 1.80. The zero-order valence-corrected chi connectivity index (χ0v) is 9.20. The molecule has 0 spiro atoms. The van der Waals surface area contributed by atoms with Crippen LogP contribution in [0, 0.1) is 5.41 Å². The first-order valence-electron chi connectivity index (χ1n) is 4.44. The Balaban J connectivity index is 2.33. The van der Waals surface area contributed by atoms with Crippen molar-refractivity contribution in [2.24, 2.45) is 10.4 Å². The normalized spacial score (nSPS) is 17.0. The Morgan fingerprint density at radius 2 is 2.31 bits per heavy atom. The van der Waals surface area contributed by atoms with Crippen LogP contribution in [0.15, 0.2) is 4.99 Å². The number of rotatable bonds is 1. The Kier molecular flexibility index (Phi) is 3.36. The number of hydrogen-bond donors (Lipinski definition) is 1. The minimum atomic E-state index is 0.0495. The lowest BCUT2D eigenvalue weighted by Crippen LogP contribution is -2.30. The second-order valence-electron chi connectivity index (χ2n) is 4.32. The molecule has 1 rings (SSSR count). The van der Waals surface area contributed by atoms with Crippen molar-refractivity contribution in [3.8, 4) is 0 Å². The molecule has 0 unspecified atom stereocenters. The fraction of sp³-hybridized carbons (Fsp3) is 0.778. The second kappa shape index (κ2) is 4.13. The van der Waals surface area contributed by atoms with Gasteiger partial charge >= 0.3 is 0 Å². The molecule has 1 aliphatic heterocycles. The monoisotopic (exact) mass is 200 g/mol. The minimum Gasteiger partial charge on any atom is -0.305 e. The Labute approximate surface area is 83.4 Å². The molecule has 0 fully saturated rings. The third-order valence-electron chi connectivity index (χ3n) is 1.52. The summed E-state index contributed by atoms with van der Waals surface area (Å²) in [7, 11) is 0. The zero-order valence-electron chi connectivity index (χ0n) is 8.39. The zero-order chi connectivity index (χ0) is 9.90. The van der Waals surface area contributed by atoms with Crippen LogP contribution >= 0.6 is 11.8 Å². The Morgan fingerprint density at radius 1 is 1.62 bits per heavy atom. The fourth-order valence-electron chi connectivity index (χ4n) is 1.06. The summed E-state index contributed by atoms with van der Waals surface area (Å²) in [5.41, 5.74) is 0.0495. The molecule has 3 nitrogen and oxygen atoms in total. The van der Waals surface area contributed by atoms with E-state index in [4.69, 9.17) is 0 Å². The molecule has 0 aliphatic carbocycles. The number of hydrogen-bond acceptors (Lipinski definition) is 3. The molecular formula is C9H16N2OS. The van der Waals surface area contributed by atoms with E-state index in [1.165, 1.54) is 0 Å². The van der Waals surface area contributed by atoms with E-state index in [2.05, 4.69) is 31.1 Å². The maximum absolute atomic E-state index is 11.4. The summed E-state index contributed by atoms with van der Waals surface area (Å²) in [4.78, 5) is 15.6. The van der Waals surface area contributed by atoms with Crippen LogP contribution in [0.1, 0.15) is 27.2 Å². The number of carbonyl (C=O) groups excluding carboxylic acids is 1. The third kappa shape index (κ3) is 4.31. The molecule has 74 valence electrons. The topological polar surface area (TPSA) is 41.5 Å². The van der Waals surface area contributed by atoms with Crippen molar-refractivity contribution in [3.63, 3.8) is 0 Å². The summed E-state index contributed by atoms with van der Waals surface area (Å²) >= 11 is 1.61. The van der Waals surface area contributed by atoms with Crippen molar-refractivity contribution in [2.75, 3.05) is 12.3 Å². The predicted octanol–water partition coefficient (Wildman–Crippen LogP) is 1.64. The Hall–Kier alpha value is -0.510. The highest BCUT2D eigenvalue weighted by Crippen LogP contribution is 2.18. The Bertz CT molecular complexity index is 230. The van der Waals surface area contributed by atoms with E-state index in [0.717, 1.165) is 17.5 Å². The van der Waals surface area contributed by atoms with Crippen molar-refractivity contribution < 1.29 is 4.79 Å². The molecule has 0 saturated heterocycles. The van der Waals surface area contributed by atoms with Crippen LogP contribution in [0.2, 0.25) is 0 Å². The largest absolute Gasteiger partial charge is 0.305 e. The summed E-state index contributed by atoms with van der Waals surface area (Å²) in [6.45, 7) is 6.98. The van der Waals surface area contributed by atoms with E-state index >= 15 is 0 Å². The van der Waals surface area contributed by atoms with Gasteiger partial charge in [0.1, 0.15) is 0 Å². The van der Waals surface area contributed by atoms with Crippen molar-refractivity contribution in [1.29, 1.82) is 0 Å². The van der Waals surface area contributed by atoms with Crippen LogP contribution in [-0.4, -0.2) is 23.4 Å². The standard InChI is InChI=1S/C9H16N2OS/c1-9(2,3)6-7(12)11-8-10-4-5-13-8/h4-6H2,1-3H3,(H,10,11,12). The van der Waals surface area contributed by atoms with Crippen molar-refractivity contribution in [2.45, 2.75) is 27.2 Å². The molecule has 0 aromatic heterocycles. The molecule has 0 saturated carbocycles. The van der Waals surface area contributed by atoms with Crippen molar-refractivity contribution in [1.82, 2.24) is 5.32 Å². The van der Waals surface area contributed by atoms with Crippen LogP contribution in [0.3, 0.4) is 0 Å². The van der Waals surface area contributed by atoms with Gasteiger partial charge < -0.3 is 5.32 Å². The quantitative estimate of drug-likeness (QED) is 0.699. The number of amides is 1. The molecule has 1 N–H and O–H groups in total. The van der Waals surface area contributed by atoms with Crippen molar-refractivity contribution >= 4 is 22.8 Å². The first-order valence-corrected chi connectivity index (χ1v) is 5.43. The summed E-state index contributed by atoms with van der Waals surface area (Å²) in [5, 5.41) is 3.60. The average Bonchev–Trinajstić information content (AvgIpc) is 2.34. The van der Waals surface area contributed by atoms with E-state index in [0.29, 0.717) is 6.42 Å². The Morgan fingerprint density at radius 3 is 2.77 bits per heavy atom. The van der Waals surface area contributed by atoms with E-state index in [1.54, 1.807) is 11.8 Å². The van der Waals surface area contributed by atoms with E-state index < -0.39 is 0 Å². The van der Waals surface area contributed by atoms with Crippen LogP contribution < -0.4 is 5.32 Å². The summed E-state index contributed by atoms with van der Waals surface area (Å²) in [6, 6.07) is 0. The smallest absolute Gasteiger partial charge is 0.226 e. The molecule has 0 atom stereocenters. The lowest BCUT2D eigenvalue weighted by molar-refractivity contribution is -0.121. The molecular weight excluding hydrogens is 184 g/mol. The van der Waals surface area contributed by atoms with Crippen molar-refractivity contribution in [3.05, 3.63) is 0 Å². The van der Waals surface area contributed by atoms with Gasteiger partial charge in [-0.2, -0.15) is 0 Å². The predicted molar refractivity (Wildman–Crippen MR) is 57.0 cm³/mol. The average molecular weight is 200 g/mol. The molecule has 0 aromatic carbocycles. The second-order valence-corrected chi connectivity index (χ2v) is 5.40. The van der Waals surface area contributed by atoms with Gasteiger partial charge in [0.15, 0.2) is 5.17 Å². The summed E-state index contributed by atoms with van der Waals surface area (Å²) in [6.07, 6.45) is 0.548. The molecule has 0 bridgehead atoms. The summed E-state index contributed by atoms with van der Waals surface area (Å²) < 4.78 is 0. The maximum atomic E-state index is 11.4. The number of aliphatic imine (C=N–C) groups is 1. The minimum absolute atomic E-state index is 0.0495. The number of nitrogens with zero attached hydrogens (tertiary/aromatic N) is 1. The first kappa shape index (κ1) is 10.6. The van der Waals surface area contributed by atoms with Crippen LogP contribution in [0.5, 0.6) is 0 Å². The highest BCUT2D eigenvalue weighted by Gasteiger charge is 2.18.